The van der Waals surface area contributed by atoms with Crippen LogP contribution in [0.3, 0.4) is 0 Å². The number of aryl methyl sites for hydroxylation is 2. The van der Waals surface area contributed by atoms with Gasteiger partial charge in [-0.2, -0.15) is 0 Å². The van der Waals surface area contributed by atoms with E-state index in [9.17, 15) is 0 Å². The van der Waals surface area contributed by atoms with Gasteiger partial charge in [-0.1, -0.05) is 26.8 Å². The molecule has 2 heteroatoms. The van der Waals surface area contributed by atoms with Gasteiger partial charge in [0.05, 0.1) is 12.6 Å². The lowest BCUT2D eigenvalue weighted by Crippen LogP contribution is -2.48. The van der Waals surface area contributed by atoms with Crippen molar-refractivity contribution in [3.8, 4) is 5.75 Å². The van der Waals surface area contributed by atoms with E-state index >= 15 is 0 Å². The molecular formula is C17H27NO. The van der Waals surface area contributed by atoms with Gasteiger partial charge in [-0.05, 0) is 55.8 Å². The second-order valence-electron chi connectivity index (χ2n) is 6.84. The molecule has 1 atom stereocenters. The third kappa shape index (κ3) is 2.27. The maximum absolute atomic E-state index is 5.70. The fraction of sp³-hybridized carbons (Fsp3) is 0.647. The summed E-state index contributed by atoms with van der Waals surface area (Å²) in [6.07, 6.45) is 2.41. The smallest absolute Gasteiger partial charge is 0.124 e. The zero-order valence-electron chi connectivity index (χ0n) is 13.2. The summed E-state index contributed by atoms with van der Waals surface area (Å²) in [5, 5.41) is 3.78. The van der Waals surface area contributed by atoms with Crippen LogP contribution in [0.25, 0.3) is 0 Å². The molecule has 1 saturated heterocycles. The molecule has 1 unspecified atom stereocenters. The van der Waals surface area contributed by atoms with Crippen molar-refractivity contribution in [1.82, 2.24) is 5.32 Å². The fourth-order valence-electron chi connectivity index (χ4n) is 3.61. The van der Waals surface area contributed by atoms with Crippen LogP contribution in [0.2, 0.25) is 0 Å². The van der Waals surface area contributed by atoms with Gasteiger partial charge >= 0.3 is 0 Å². The topological polar surface area (TPSA) is 21.3 Å². The van der Waals surface area contributed by atoms with Gasteiger partial charge in [0.25, 0.3) is 0 Å². The summed E-state index contributed by atoms with van der Waals surface area (Å²) < 4.78 is 5.70. The van der Waals surface area contributed by atoms with Gasteiger partial charge < -0.3 is 10.1 Å². The molecule has 1 heterocycles. The van der Waals surface area contributed by atoms with Crippen LogP contribution in [-0.4, -0.2) is 13.7 Å². The van der Waals surface area contributed by atoms with Crippen LogP contribution in [0.15, 0.2) is 12.1 Å². The molecule has 0 saturated carbocycles. The van der Waals surface area contributed by atoms with Gasteiger partial charge in [0, 0.05) is 5.56 Å². The maximum Gasteiger partial charge on any atom is 0.124 e. The first-order valence-corrected chi connectivity index (χ1v) is 7.22. The number of methoxy groups -OCH3 is 1. The van der Waals surface area contributed by atoms with E-state index in [0.717, 1.165) is 12.3 Å². The molecule has 106 valence electrons. The molecule has 0 spiro atoms. The zero-order chi connectivity index (χ0) is 14.3. The van der Waals surface area contributed by atoms with Crippen molar-refractivity contribution >= 4 is 0 Å². The average Bonchev–Trinajstić information content (AvgIpc) is 2.77. The molecule has 19 heavy (non-hydrogen) atoms. The van der Waals surface area contributed by atoms with E-state index in [1.54, 1.807) is 7.11 Å². The Balaban J connectivity index is 2.67. The second kappa shape index (κ2) is 4.82. The summed E-state index contributed by atoms with van der Waals surface area (Å²) >= 11 is 0. The van der Waals surface area contributed by atoms with Crippen LogP contribution in [0.5, 0.6) is 5.75 Å². The van der Waals surface area contributed by atoms with E-state index in [0.29, 0.717) is 0 Å². The predicted molar refractivity (Wildman–Crippen MR) is 80.8 cm³/mol. The number of ether oxygens (including phenoxy) is 1. The molecule has 2 rings (SSSR count). The Morgan fingerprint density at radius 2 is 1.89 bits per heavy atom. The number of nitrogens with one attached hydrogen (secondary N) is 1. The number of hydrogen-bond donors (Lipinski definition) is 1. The van der Waals surface area contributed by atoms with Crippen LogP contribution in [0.4, 0.5) is 0 Å². The highest BCUT2D eigenvalue weighted by Gasteiger charge is 2.47. The third-order valence-electron chi connectivity index (χ3n) is 4.53. The lowest BCUT2D eigenvalue weighted by molar-refractivity contribution is 0.155. The van der Waals surface area contributed by atoms with E-state index in [1.165, 1.54) is 29.5 Å². The summed E-state index contributed by atoms with van der Waals surface area (Å²) in [6, 6.07) is 4.43. The first kappa shape index (κ1) is 14.4. The average molecular weight is 261 g/mol. The summed E-state index contributed by atoms with van der Waals surface area (Å²) in [6.45, 7) is 12.4. The number of hydrogen-bond acceptors (Lipinski definition) is 2. The lowest BCUT2D eigenvalue weighted by Gasteiger charge is -2.44. The molecule has 1 aromatic carbocycles. The summed E-state index contributed by atoms with van der Waals surface area (Å²) in [7, 11) is 1.78. The first-order chi connectivity index (χ1) is 8.82. The van der Waals surface area contributed by atoms with Crippen molar-refractivity contribution in [3.05, 3.63) is 28.8 Å². The third-order valence-corrected chi connectivity index (χ3v) is 4.53. The lowest BCUT2D eigenvalue weighted by atomic mass is 9.67. The van der Waals surface area contributed by atoms with Crippen LogP contribution in [0.1, 0.15) is 50.3 Å². The largest absolute Gasteiger partial charge is 0.496 e. The Hall–Kier alpha value is -1.02. The fourth-order valence-corrected chi connectivity index (χ4v) is 3.61. The molecule has 2 nitrogen and oxygen atoms in total. The second-order valence-corrected chi connectivity index (χ2v) is 6.84. The van der Waals surface area contributed by atoms with Crippen LogP contribution < -0.4 is 10.1 Å². The van der Waals surface area contributed by atoms with Crippen molar-refractivity contribution in [1.29, 1.82) is 0 Å². The van der Waals surface area contributed by atoms with Crippen molar-refractivity contribution in [2.75, 3.05) is 13.7 Å². The van der Waals surface area contributed by atoms with E-state index < -0.39 is 0 Å². The molecule has 0 radical (unpaired) electrons. The quantitative estimate of drug-likeness (QED) is 0.870. The van der Waals surface area contributed by atoms with Crippen molar-refractivity contribution in [3.63, 3.8) is 0 Å². The van der Waals surface area contributed by atoms with Gasteiger partial charge in [0.2, 0.25) is 0 Å². The molecule has 0 aliphatic carbocycles. The maximum atomic E-state index is 5.70. The predicted octanol–water partition coefficient (Wildman–Crippen LogP) is 3.94. The Morgan fingerprint density at radius 3 is 2.37 bits per heavy atom. The molecule has 1 aliphatic heterocycles. The molecule has 0 bridgehead atoms. The normalized spacial score (nSPS) is 23.7. The molecule has 1 aliphatic rings. The zero-order valence-corrected chi connectivity index (χ0v) is 13.2. The SMILES string of the molecule is COc1cc(C)cc(C)c1C1(C(C)(C)C)CCCN1. The Bertz CT molecular complexity index is 465. The summed E-state index contributed by atoms with van der Waals surface area (Å²) in [5.74, 6) is 1.03. The summed E-state index contributed by atoms with van der Waals surface area (Å²) in [5.41, 5.74) is 4.14. The highest BCUT2D eigenvalue weighted by atomic mass is 16.5. The Morgan fingerprint density at radius 1 is 1.21 bits per heavy atom. The van der Waals surface area contributed by atoms with Gasteiger partial charge in [-0.3, -0.25) is 0 Å². The van der Waals surface area contributed by atoms with Gasteiger partial charge in [0.1, 0.15) is 5.75 Å². The standard InChI is InChI=1S/C17H27NO/c1-12-10-13(2)15(14(11-12)19-6)17(16(3,4)5)8-7-9-18-17/h10-11,18H,7-9H2,1-6H3. The molecule has 1 aromatic rings. The van der Waals surface area contributed by atoms with Gasteiger partial charge in [-0.25, -0.2) is 0 Å². The minimum Gasteiger partial charge on any atom is -0.496 e. The molecule has 0 aromatic heterocycles. The Kier molecular flexibility index (Phi) is 3.65. The summed E-state index contributed by atoms with van der Waals surface area (Å²) in [4.78, 5) is 0. The number of rotatable bonds is 2. The van der Waals surface area contributed by atoms with Crippen molar-refractivity contribution < 1.29 is 4.74 Å². The molecule has 0 amide bonds. The van der Waals surface area contributed by atoms with Gasteiger partial charge in [0.15, 0.2) is 0 Å². The molecule has 1 N–H and O–H groups in total. The first-order valence-electron chi connectivity index (χ1n) is 7.22. The number of benzene rings is 1. The monoisotopic (exact) mass is 261 g/mol. The molecule has 1 fully saturated rings. The van der Waals surface area contributed by atoms with E-state index in [4.69, 9.17) is 4.74 Å². The van der Waals surface area contributed by atoms with Gasteiger partial charge in [-0.15, -0.1) is 0 Å². The Labute approximate surface area is 117 Å². The van der Waals surface area contributed by atoms with Crippen molar-refractivity contribution in [2.45, 2.75) is 53.0 Å². The van der Waals surface area contributed by atoms with Crippen LogP contribution in [0, 0.1) is 19.3 Å². The highest BCUT2D eigenvalue weighted by Crippen LogP contribution is 2.49. The minimum atomic E-state index is 0.0239. The highest BCUT2D eigenvalue weighted by molar-refractivity contribution is 5.49. The van der Waals surface area contributed by atoms with Crippen LogP contribution >= 0.6 is 0 Å². The van der Waals surface area contributed by atoms with Crippen molar-refractivity contribution in [2.24, 2.45) is 5.41 Å². The molecular weight excluding hydrogens is 234 g/mol. The van der Waals surface area contributed by atoms with E-state index in [2.05, 4.69) is 52.1 Å². The van der Waals surface area contributed by atoms with Crippen LogP contribution in [-0.2, 0) is 5.54 Å². The minimum absolute atomic E-state index is 0.0239. The van der Waals surface area contributed by atoms with E-state index in [1.807, 2.05) is 0 Å². The van der Waals surface area contributed by atoms with E-state index in [-0.39, 0.29) is 11.0 Å².